The summed E-state index contributed by atoms with van der Waals surface area (Å²) in [5.74, 6) is -0.900. The molecule has 0 aliphatic rings. The Hall–Kier alpha value is -4.59. The third-order valence-corrected chi connectivity index (χ3v) is 5.70. The molecule has 7 nitrogen and oxygen atoms in total. The summed E-state index contributed by atoms with van der Waals surface area (Å²) in [4.78, 5) is 37.4. The SMILES string of the molecule is CCOc1ccccc1[C@@H](C(=O)Nc1ccc(F)cc1)N(Cc1ccc(C)cc1)C(=O)c1cnccn1. The molecule has 1 heterocycles. The minimum atomic E-state index is -1.09. The van der Waals surface area contributed by atoms with Crippen molar-refractivity contribution in [3.63, 3.8) is 0 Å². The number of anilines is 1. The Morgan fingerprint density at radius 3 is 2.41 bits per heavy atom. The lowest BCUT2D eigenvalue weighted by Crippen LogP contribution is -2.41. The van der Waals surface area contributed by atoms with Crippen LogP contribution in [0, 0.1) is 12.7 Å². The number of halogens is 1. The molecule has 1 N–H and O–H groups in total. The van der Waals surface area contributed by atoms with Crippen molar-refractivity contribution in [2.24, 2.45) is 0 Å². The molecule has 188 valence electrons. The van der Waals surface area contributed by atoms with Crippen LogP contribution in [0.25, 0.3) is 0 Å². The number of carbonyl (C=O) groups is 2. The van der Waals surface area contributed by atoms with Gasteiger partial charge in [0.15, 0.2) is 0 Å². The molecule has 1 atom stereocenters. The smallest absolute Gasteiger partial charge is 0.275 e. The predicted molar refractivity (Wildman–Crippen MR) is 138 cm³/mol. The maximum Gasteiger partial charge on any atom is 0.275 e. The minimum Gasteiger partial charge on any atom is -0.494 e. The van der Waals surface area contributed by atoms with Gasteiger partial charge in [-0.15, -0.1) is 0 Å². The number of hydrogen-bond acceptors (Lipinski definition) is 5. The van der Waals surface area contributed by atoms with Gasteiger partial charge in [0.2, 0.25) is 0 Å². The van der Waals surface area contributed by atoms with Crippen LogP contribution in [0.5, 0.6) is 5.75 Å². The second-order valence-electron chi connectivity index (χ2n) is 8.38. The molecule has 0 fully saturated rings. The normalized spacial score (nSPS) is 11.4. The first-order valence-corrected chi connectivity index (χ1v) is 11.9. The lowest BCUT2D eigenvalue weighted by molar-refractivity contribution is -0.121. The molecule has 2 amide bonds. The Bertz CT molecular complexity index is 1350. The zero-order chi connectivity index (χ0) is 26.2. The Morgan fingerprint density at radius 1 is 1.00 bits per heavy atom. The van der Waals surface area contributed by atoms with E-state index in [1.807, 2.05) is 38.1 Å². The maximum absolute atomic E-state index is 13.9. The van der Waals surface area contributed by atoms with Gasteiger partial charge in [-0.2, -0.15) is 0 Å². The van der Waals surface area contributed by atoms with E-state index >= 15 is 0 Å². The number of benzene rings is 3. The summed E-state index contributed by atoms with van der Waals surface area (Å²) in [5.41, 5.74) is 2.91. The first-order chi connectivity index (χ1) is 18.0. The fraction of sp³-hybridized carbons (Fsp3) is 0.172. The molecule has 0 aliphatic carbocycles. The van der Waals surface area contributed by atoms with Crippen LogP contribution in [0.2, 0.25) is 0 Å². The van der Waals surface area contributed by atoms with Gasteiger partial charge in [0.25, 0.3) is 11.8 Å². The van der Waals surface area contributed by atoms with E-state index in [-0.39, 0.29) is 12.2 Å². The number of nitrogens with one attached hydrogen (secondary N) is 1. The summed E-state index contributed by atoms with van der Waals surface area (Å²) >= 11 is 0. The van der Waals surface area contributed by atoms with E-state index in [1.54, 1.807) is 24.3 Å². The molecule has 3 aromatic carbocycles. The number of amides is 2. The summed E-state index contributed by atoms with van der Waals surface area (Å²) < 4.78 is 19.3. The standard InChI is InChI=1S/C29H27FN4O3/c1-3-37-26-7-5-4-6-24(26)27(28(35)33-23-14-12-22(30)13-15-23)34(19-21-10-8-20(2)9-11-21)29(36)25-18-31-16-17-32-25/h4-18,27H,3,19H2,1-2H3,(H,33,35)/t27-/m0/s1. The van der Waals surface area contributed by atoms with Gasteiger partial charge >= 0.3 is 0 Å². The van der Waals surface area contributed by atoms with Crippen LogP contribution >= 0.6 is 0 Å². The van der Waals surface area contributed by atoms with Crippen molar-refractivity contribution in [3.8, 4) is 5.75 Å². The van der Waals surface area contributed by atoms with Crippen molar-refractivity contribution in [3.05, 3.63) is 120 Å². The number of aromatic nitrogens is 2. The Balaban J connectivity index is 1.83. The summed E-state index contributed by atoms with van der Waals surface area (Å²) in [6.45, 7) is 4.32. The molecule has 4 aromatic rings. The number of rotatable bonds is 9. The summed E-state index contributed by atoms with van der Waals surface area (Å²) in [5, 5.41) is 2.83. The van der Waals surface area contributed by atoms with Crippen LogP contribution in [-0.4, -0.2) is 33.3 Å². The largest absolute Gasteiger partial charge is 0.494 e. The number of carbonyl (C=O) groups excluding carboxylic acids is 2. The van der Waals surface area contributed by atoms with Gasteiger partial charge in [0.05, 0.1) is 12.8 Å². The van der Waals surface area contributed by atoms with Crippen molar-refractivity contribution >= 4 is 17.5 Å². The highest BCUT2D eigenvalue weighted by Crippen LogP contribution is 2.33. The summed E-state index contributed by atoms with van der Waals surface area (Å²) in [6, 6.07) is 19.2. The van der Waals surface area contributed by atoms with Gasteiger partial charge in [-0.25, -0.2) is 9.37 Å². The molecule has 37 heavy (non-hydrogen) atoms. The van der Waals surface area contributed by atoms with Gasteiger partial charge in [-0.3, -0.25) is 14.6 Å². The average Bonchev–Trinajstić information content (AvgIpc) is 2.92. The first kappa shape index (κ1) is 25.5. The van der Waals surface area contributed by atoms with Crippen molar-refractivity contribution in [2.75, 3.05) is 11.9 Å². The average molecular weight is 499 g/mol. The molecular weight excluding hydrogens is 471 g/mol. The molecule has 0 aliphatic heterocycles. The topological polar surface area (TPSA) is 84.4 Å². The number of hydrogen-bond donors (Lipinski definition) is 1. The third kappa shape index (κ3) is 6.35. The van der Waals surface area contributed by atoms with Gasteiger partial charge in [-0.05, 0) is 49.7 Å². The molecule has 1 aromatic heterocycles. The fourth-order valence-electron chi connectivity index (χ4n) is 3.92. The van der Waals surface area contributed by atoms with Crippen LogP contribution < -0.4 is 10.1 Å². The second kappa shape index (κ2) is 11.9. The lowest BCUT2D eigenvalue weighted by atomic mass is 10.0. The van der Waals surface area contributed by atoms with E-state index in [0.29, 0.717) is 23.6 Å². The zero-order valence-electron chi connectivity index (χ0n) is 20.6. The maximum atomic E-state index is 13.9. The van der Waals surface area contributed by atoms with E-state index in [2.05, 4.69) is 15.3 Å². The van der Waals surface area contributed by atoms with E-state index in [0.717, 1.165) is 11.1 Å². The van der Waals surface area contributed by atoms with Crippen LogP contribution in [0.3, 0.4) is 0 Å². The predicted octanol–water partition coefficient (Wildman–Crippen LogP) is 5.35. The van der Waals surface area contributed by atoms with Crippen molar-refractivity contribution in [1.82, 2.24) is 14.9 Å². The third-order valence-electron chi connectivity index (χ3n) is 5.70. The van der Waals surface area contributed by atoms with Gasteiger partial charge in [0.1, 0.15) is 23.3 Å². The molecule has 4 rings (SSSR count). The van der Waals surface area contributed by atoms with E-state index in [1.165, 1.54) is 47.8 Å². The molecule has 0 radical (unpaired) electrons. The molecule has 8 heteroatoms. The summed E-state index contributed by atoms with van der Waals surface area (Å²) in [6.07, 6.45) is 4.27. The van der Waals surface area contributed by atoms with Crippen LogP contribution in [-0.2, 0) is 11.3 Å². The molecule has 0 unspecified atom stereocenters. The highest BCUT2D eigenvalue weighted by atomic mass is 19.1. The molecule has 0 saturated carbocycles. The summed E-state index contributed by atoms with van der Waals surface area (Å²) in [7, 11) is 0. The Kier molecular flexibility index (Phi) is 8.20. The minimum absolute atomic E-state index is 0.100. The molecule has 0 bridgehead atoms. The van der Waals surface area contributed by atoms with Crippen LogP contribution in [0.15, 0.2) is 91.4 Å². The highest BCUT2D eigenvalue weighted by Gasteiger charge is 2.35. The quantitative estimate of drug-likeness (QED) is 0.337. The van der Waals surface area contributed by atoms with Crippen molar-refractivity contribution in [1.29, 1.82) is 0 Å². The first-order valence-electron chi connectivity index (χ1n) is 11.9. The van der Waals surface area contributed by atoms with Crippen molar-refractivity contribution < 1.29 is 18.7 Å². The molecule has 0 spiro atoms. The lowest BCUT2D eigenvalue weighted by Gasteiger charge is -2.32. The number of nitrogens with zero attached hydrogens (tertiary/aromatic N) is 3. The van der Waals surface area contributed by atoms with Gasteiger partial charge in [-0.1, -0.05) is 48.0 Å². The molecule has 0 saturated heterocycles. The highest BCUT2D eigenvalue weighted by molar-refractivity contribution is 6.01. The van der Waals surface area contributed by atoms with E-state index < -0.39 is 23.7 Å². The second-order valence-corrected chi connectivity index (χ2v) is 8.38. The zero-order valence-corrected chi connectivity index (χ0v) is 20.6. The number of para-hydroxylation sites is 1. The van der Waals surface area contributed by atoms with Crippen LogP contribution in [0.1, 0.15) is 40.1 Å². The monoisotopic (exact) mass is 498 g/mol. The fourth-order valence-corrected chi connectivity index (χ4v) is 3.92. The van der Waals surface area contributed by atoms with E-state index in [9.17, 15) is 14.0 Å². The van der Waals surface area contributed by atoms with Gasteiger partial charge < -0.3 is 15.0 Å². The van der Waals surface area contributed by atoms with E-state index in [4.69, 9.17) is 4.74 Å². The Labute approximate surface area is 215 Å². The van der Waals surface area contributed by atoms with Crippen molar-refractivity contribution in [2.45, 2.75) is 26.4 Å². The Morgan fingerprint density at radius 2 is 1.73 bits per heavy atom. The number of aryl methyl sites for hydroxylation is 1. The number of ether oxygens (including phenoxy) is 1. The van der Waals surface area contributed by atoms with Crippen LogP contribution in [0.4, 0.5) is 10.1 Å². The molecular formula is C29H27FN4O3. The van der Waals surface area contributed by atoms with Gasteiger partial charge in [0, 0.05) is 30.2 Å².